The van der Waals surface area contributed by atoms with Gasteiger partial charge in [0.1, 0.15) is 0 Å². The van der Waals surface area contributed by atoms with Crippen LogP contribution < -0.4 is 0 Å². The Kier molecular flexibility index (Phi) is 7.20. The van der Waals surface area contributed by atoms with Gasteiger partial charge in [0.15, 0.2) is 6.10 Å². The molecule has 5 heteroatoms. The van der Waals surface area contributed by atoms with Crippen LogP contribution in [-0.2, 0) is 19.1 Å². The summed E-state index contributed by atoms with van der Waals surface area (Å²) in [5.41, 5.74) is 0. The number of ether oxygens (including phenoxy) is 2. The molecule has 16 heavy (non-hydrogen) atoms. The SMILES string of the molecule is C=CC[C@H](C(=O)OCC)[C@@H](O)C(=O)OCC. The van der Waals surface area contributed by atoms with Gasteiger partial charge in [0.05, 0.1) is 19.1 Å². The molecule has 0 spiro atoms. The molecule has 0 aliphatic rings. The second-order valence-electron chi connectivity index (χ2n) is 3.08. The van der Waals surface area contributed by atoms with Gasteiger partial charge in [-0.2, -0.15) is 0 Å². The molecule has 0 amide bonds. The second kappa shape index (κ2) is 7.87. The molecular weight excluding hydrogens is 212 g/mol. The number of carbonyl (C=O) groups excluding carboxylic acids is 2. The molecule has 0 aromatic carbocycles. The predicted octanol–water partition coefficient (Wildman–Crippen LogP) is 0.666. The molecule has 0 bridgehead atoms. The molecule has 0 radical (unpaired) electrons. The van der Waals surface area contributed by atoms with Gasteiger partial charge in [-0.15, -0.1) is 6.58 Å². The Hall–Kier alpha value is -1.36. The van der Waals surface area contributed by atoms with Crippen molar-refractivity contribution in [2.24, 2.45) is 5.92 Å². The summed E-state index contributed by atoms with van der Waals surface area (Å²) in [6.07, 6.45) is 0.111. The molecule has 0 saturated heterocycles. The van der Waals surface area contributed by atoms with Crippen LogP contribution in [0.15, 0.2) is 12.7 Å². The minimum absolute atomic E-state index is 0.152. The van der Waals surface area contributed by atoms with E-state index in [1.54, 1.807) is 13.8 Å². The van der Waals surface area contributed by atoms with Crippen LogP contribution in [0.5, 0.6) is 0 Å². The third kappa shape index (κ3) is 4.44. The molecule has 0 saturated carbocycles. The number of aliphatic hydroxyl groups is 1. The largest absolute Gasteiger partial charge is 0.466 e. The standard InChI is InChI=1S/C11H18O5/c1-4-7-8(10(13)15-5-2)9(12)11(14)16-6-3/h4,8-9,12H,1,5-7H2,2-3H3/t8-,9+/m0/s1. The van der Waals surface area contributed by atoms with Crippen molar-refractivity contribution in [3.8, 4) is 0 Å². The van der Waals surface area contributed by atoms with Gasteiger partial charge in [0.2, 0.25) is 0 Å². The average Bonchev–Trinajstić information content (AvgIpc) is 2.25. The second-order valence-corrected chi connectivity index (χ2v) is 3.08. The first-order valence-electron chi connectivity index (χ1n) is 5.20. The maximum absolute atomic E-state index is 11.4. The van der Waals surface area contributed by atoms with E-state index in [4.69, 9.17) is 4.74 Å². The Morgan fingerprint density at radius 1 is 1.25 bits per heavy atom. The fraction of sp³-hybridized carbons (Fsp3) is 0.636. The first kappa shape index (κ1) is 14.6. The van der Waals surface area contributed by atoms with Gasteiger partial charge >= 0.3 is 11.9 Å². The maximum Gasteiger partial charge on any atom is 0.335 e. The number of aliphatic hydroxyl groups excluding tert-OH is 1. The summed E-state index contributed by atoms with van der Waals surface area (Å²) in [4.78, 5) is 22.7. The van der Waals surface area contributed by atoms with E-state index < -0.39 is 24.0 Å². The summed E-state index contributed by atoms with van der Waals surface area (Å²) < 4.78 is 9.38. The number of hydrogen-bond acceptors (Lipinski definition) is 5. The molecule has 92 valence electrons. The predicted molar refractivity (Wildman–Crippen MR) is 57.6 cm³/mol. The average molecular weight is 230 g/mol. The highest BCUT2D eigenvalue weighted by Crippen LogP contribution is 2.13. The molecule has 0 unspecified atom stereocenters. The van der Waals surface area contributed by atoms with Gasteiger partial charge in [0.25, 0.3) is 0 Å². The lowest BCUT2D eigenvalue weighted by Crippen LogP contribution is -2.37. The van der Waals surface area contributed by atoms with Crippen LogP contribution in [0.2, 0.25) is 0 Å². The molecule has 0 rings (SSSR count). The van der Waals surface area contributed by atoms with E-state index in [1.165, 1.54) is 6.08 Å². The van der Waals surface area contributed by atoms with Crippen molar-refractivity contribution in [3.05, 3.63) is 12.7 Å². The highest BCUT2D eigenvalue weighted by molar-refractivity contribution is 5.83. The van der Waals surface area contributed by atoms with E-state index in [0.29, 0.717) is 0 Å². The highest BCUT2D eigenvalue weighted by atomic mass is 16.6. The summed E-state index contributed by atoms with van der Waals surface area (Å²) in [6, 6.07) is 0. The summed E-state index contributed by atoms with van der Waals surface area (Å²) in [6.45, 7) is 7.08. The Balaban J connectivity index is 4.56. The number of esters is 2. The van der Waals surface area contributed by atoms with Crippen molar-refractivity contribution in [2.45, 2.75) is 26.4 Å². The Bertz CT molecular complexity index is 249. The molecule has 0 heterocycles. The van der Waals surface area contributed by atoms with Crippen molar-refractivity contribution < 1.29 is 24.2 Å². The van der Waals surface area contributed by atoms with E-state index >= 15 is 0 Å². The smallest absolute Gasteiger partial charge is 0.335 e. The summed E-state index contributed by atoms with van der Waals surface area (Å²) in [5.74, 6) is -2.39. The van der Waals surface area contributed by atoms with E-state index in [1.807, 2.05) is 0 Å². The number of rotatable bonds is 7. The molecule has 2 atom stereocenters. The van der Waals surface area contributed by atoms with Crippen LogP contribution in [0.25, 0.3) is 0 Å². The van der Waals surface area contributed by atoms with Crippen molar-refractivity contribution in [3.63, 3.8) is 0 Å². The summed E-state index contributed by atoms with van der Waals surface area (Å²) in [5, 5.41) is 9.61. The zero-order chi connectivity index (χ0) is 12.6. The third-order valence-corrected chi connectivity index (χ3v) is 1.92. The van der Waals surface area contributed by atoms with Crippen molar-refractivity contribution >= 4 is 11.9 Å². The van der Waals surface area contributed by atoms with Crippen LogP contribution in [0.3, 0.4) is 0 Å². The van der Waals surface area contributed by atoms with Crippen LogP contribution >= 0.6 is 0 Å². The maximum atomic E-state index is 11.4. The van der Waals surface area contributed by atoms with Crippen molar-refractivity contribution in [2.75, 3.05) is 13.2 Å². The van der Waals surface area contributed by atoms with Crippen LogP contribution in [0.4, 0.5) is 0 Å². The minimum atomic E-state index is -1.50. The fourth-order valence-electron chi connectivity index (χ4n) is 1.17. The van der Waals surface area contributed by atoms with Crippen molar-refractivity contribution in [1.29, 1.82) is 0 Å². The highest BCUT2D eigenvalue weighted by Gasteiger charge is 2.33. The van der Waals surface area contributed by atoms with Gasteiger partial charge < -0.3 is 14.6 Å². The van der Waals surface area contributed by atoms with E-state index in [-0.39, 0.29) is 19.6 Å². The lowest BCUT2D eigenvalue weighted by Gasteiger charge is -2.18. The number of hydrogen-bond donors (Lipinski definition) is 1. The Morgan fingerprint density at radius 2 is 1.75 bits per heavy atom. The normalized spacial score (nSPS) is 13.7. The quantitative estimate of drug-likeness (QED) is 0.514. The number of allylic oxidation sites excluding steroid dienone is 1. The van der Waals surface area contributed by atoms with Gasteiger partial charge in [-0.1, -0.05) is 6.08 Å². The number of carbonyl (C=O) groups is 2. The van der Waals surface area contributed by atoms with E-state index in [0.717, 1.165) is 0 Å². The molecule has 5 nitrogen and oxygen atoms in total. The minimum Gasteiger partial charge on any atom is -0.466 e. The Morgan fingerprint density at radius 3 is 2.19 bits per heavy atom. The summed E-state index contributed by atoms with van der Waals surface area (Å²) in [7, 11) is 0. The Labute approximate surface area is 95.0 Å². The lowest BCUT2D eigenvalue weighted by atomic mass is 9.99. The molecule has 0 aromatic heterocycles. The third-order valence-electron chi connectivity index (χ3n) is 1.92. The van der Waals surface area contributed by atoms with E-state index in [9.17, 15) is 14.7 Å². The monoisotopic (exact) mass is 230 g/mol. The molecule has 0 aliphatic carbocycles. The topological polar surface area (TPSA) is 72.8 Å². The lowest BCUT2D eigenvalue weighted by molar-refractivity contribution is -0.165. The first-order valence-corrected chi connectivity index (χ1v) is 5.20. The van der Waals surface area contributed by atoms with Crippen LogP contribution in [-0.4, -0.2) is 36.4 Å². The zero-order valence-electron chi connectivity index (χ0n) is 9.64. The first-order chi connectivity index (χ1) is 7.58. The fourth-order valence-corrected chi connectivity index (χ4v) is 1.17. The summed E-state index contributed by atoms with van der Waals surface area (Å²) >= 11 is 0. The van der Waals surface area contributed by atoms with Crippen LogP contribution in [0.1, 0.15) is 20.3 Å². The molecule has 1 N–H and O–H groups in total. The van der Waals surface area contributed by atoms with Gasteiger partial charge in [-0.25, -0.2) is 4.79 Å². The van der Waals surface area contributed by atoms with Gasteiger partial charge in [-0.05, 0) is 20.3 Å². The van der Waals surface area contributed by atoms with Gasteiger partial charge in [0, 0.05) is 0 Å². The molecule has 0 aromatic rings. The zero-order valence-corrected chi connectivity index (χ0v) is 9.64. The van der Waals surface area contributed by atoms with E-state index in [2.05, 4.69) is 11.3 Å². The molecular formula is C11H18O5. The van der Waals surface area contributed by atoms with Crippen LogP contribution in [0, 0.1) is 5.92 Å². The molecule has 0 aliphatic heterocycles. The van der Waals surface area contributed by atoms with Crippen molar-refractivity contribution in [1.82, 2.24) is 0 Å². The van der Waals surface area contributed by atoms with Gasteiger partial charge in [-0.3, -0.25) is 4.79 Å². The molecule has 0 fully saturated rings.